The Bertz CT molecular complexity index is 783. The van der Waals surface area contributed by atoms with Crippen LogP contribution in [0.25, 0.3) is 0 Å². The van der Waals surface area contributed by atoms with Crippen LogP contribution < -0.4 is 10.9 Å². The molecule has 0 saturated heterocycles. The van der Waals surface area contributed by atoms with Gasteiger partial charge in [0.15, 0.2) is 0 Å². The van der Waals surface area contributed by atoms with Crippen molar-refractivity contribution in [2.75, 3.05) is 0 Å². The van der Waals surface area contributed by atoms with E-state index in [-0.39, 0.29) is 11.5 Å². The van der Waals surface area contributed by atoms with E-state index in [4.69, 9.17) is 11.6 Å². The van der Waals surface area contributed by atoms with E-state index in [0.717, 1.165) is 24.1 Å². The fraction of sp³-hybridized carbons (Fsp3) is 0.353. The van der Waals surface area contributed by atoms with E-state index in [9.17, 15) is 9.59 Å². The van der Waals surface area contributed by atoms with E-state index in [1.807, 2.05) is 18.2 Å². The summed E-state index contributed by atoms with van der Waals surface area (Å²) in [5.74, 6) is 0.174. The van der Waals surface area contributed by atoms with Crippen LogP contribution in [0.1, 0.15) is 43.0 Å². The monoisotopic (exact) mass is 331 g/mol. The highest BCUT2D eigenvalue weighted by atomic mass is 35.5. The predicted octanol–water partition coefficient (Wildman–Crippen LogP) is 2.65. The Hall–Kier alpha value is -2.14. The minimum atomic E-state index is -0.663. The maximum absolute atomic E-state index is 12.3. The summed E-state index contributed by atoms with van der Waals surface area (Å²) in [5, 5.41) is 7.75. The van der Waals surface area contributed by atoms with Gasteiger partial charge in [0.25, 0.3) is 5.56 Å². The highest BCUT2D eigenvalue weighted by molar-refractivity contribution is 6.31. The molecule has 1 N–H and O–H groups in total. The molecule has 5 nitrogen and oxygen atoms in total. The Morgan fingerprint density at radius 1 is 1.35 bits per heavy atom. The zero-order chi connectivity index (χ0) is 16.4. The zero-order valence-electron chi connectivity index (χ0n) is 12.8. The van der Waals surface area contributed by atoms with Crippen LogP contribution in [-0.2, 0) is 11.3 Å². The molecule has 0 spiro atoms. The topological polar surface area (TPSA) is 64.0 Å². The summed E-state index contributed by atoms with van der Waals surface area (Å²) in [5.41, 5.74) is 1.45. The fourth-order valence-electron chi connectivity index (χ4n) is 2.40. The smallest absolute Gasteiger partial charge is 0.267 e. The third kappa shape index (κ3) is 3.62. The van der Waals surface area contributed by atoms with Crippen LogP contribution in [0.15, 0.2) is 41.2 Å². The molecule has 2 aromatic rings. The lowest BCUT2D eigenvalue weighted by atomic mass is 10.2. The van der Waals surface area contributed by atoms with Crippen molar-refractivity contribution < 1.29 is 4.79 Å². The highest BCUT2D eigenvalue weighted by Crippen LogP contribution is 2.38. The molecule has 1 atom stereocenters. The van der Waals surface area contributed by atoms with Crippen molar-refractivity contribution >= 4 is 17.5 Å². The van der Waals surface area contributed by atoms with Crippen molar-refractivity contribution in [3.05, 3.63) is 63.0 Å². The van der Waals surface area contributed by atoms with Gasteiger partial charge in [0.2, 0.25) is 5.91 Å². The van der Waals surface area contributed by atoms with E-state index in [0.29, 0.717) is 17.5 Å². The summed E-state index contributed by atoms with van der Waals surface area (Å²) in [7, 11) is 0. The maximum atomic E-state index is 12.3. The van der Waals surface area contributed by atoms with Crippen molar-refractivity contribution in [2.45, 2.75) is 38.3 Å². The van der Waals surface area contributed by atoms with Gasteiger partial charge in [-0.2, -0.15) is 5.10 Å². The molecule has 1 heterocycles. The molecule has 0 bridgehead atoms. The van der Waals surface area contributed by atoms with Crippen LogP contribution in [0.4, 0.5) is 0 Å². The first-order chi connectivity index (χ1) is 11.1. The molecule has 1 aromatic carbocycles. The molecule has 1 aliphatic rings. The number of nitrogens with one attached hydrogen (secondary N) is 1. The number of amides is 1. The third-order valence-corrected chi connectivity index (χ3v) is 4.37. The number of rotatable bonds is 5. The second kappa shape index (κ2) is 6.54. The van der Waals surface area contributed by atoms with Gasteiger partial charge < -0.3 is 5.32 Å². The van der Waals surface area contributed by atoms with E-state index >= 15 is 0 Å². The lowest BCUT2D eigenvalue weighted by molar-refractivity contribution is -0.124. The molecule has 0 unspecified atom stereocenters. The van der Waals surface area contributed by atoms with Crippen LogP contribution >= 0.6 is 11.6 Å². The molecule has 6 heteroatoms. The molecule has 1 amide bonds. The van der Waals surface area contributed by atoms with Gasteiger partial charge in [-0.15, -0.1) is 0 Å². The second-order valence-electron chi connectivity index (χ2n) is 5.80. The van der Waals surface area contributed by atoms with Gasteiger partial charge in [-0.3, -0.25) is 9.59 Å². The fourth-order valence-corrected chi connectivity index (χ4v) is 2.60. The number of nitrogens with zero attached hydrogens (tertiary/aromatic N) is 2. The van der Waals surface area contributed by atoms with Crippen molar-refractivity contribution in [3.63, 3.8) is 0 Å². The molecule has 23 heavy (non-hydrogen) atoms. The molecule has 1 aromatic heterocycles. The van der Waals surface area contributed by atoms with Gasteiger partial charge in [-0.1, -0.05) is 29.8 Å². The Morgan fingerprint density at radius 2 is 2.09 bits per heavy atom. The predicted molar refractivity (Wildman–Crippen MR) is 88.5 cm³/mol. The number of benzene rings is 1. The SMILES string of the molecule is C[C@H](C(=O)NCc1ccccc1Cl)n1nc(C2CC2)ccc1=O. The van der Waals surface area contributed by atoms with E-state index in [1.165, 1.54) is 10.7 Å². The van der Waals surface area contributed by atoms with Gasteiger partial charge in [0.05, 0.1) is 5.69 Å². The Morgan fingerprint density at radius 3 is 2.78 bits per heavy atom. The number of halogens is 1. The Kier molecular flexibility index (Phi) is 4.48. The number of hydrogen-bond acceptors (Lipinski definition) is 3. The minimum absolute atomic E-state index is 0.257. The summed E-state index contributed by atoms with van der Waals surface area (Å²) in [6.45, 7) is 1.99. The zero-order valence-corrected chi connectivity index (χ0v) is 13.6. The maximum Gasteiger partial charge on any atom is 0.267 e. The molecular formula is C17H18ClN3O2. The second-order valence-corrected chi connectivity index (χ2v) is 6.21. The first kappa shape index (κ1) is 15.7. The van der Waals surface area contributed by atoms with Crippen LogP contribution in [0, 0.1) is 0 Å². The van der Waals surface area contributed by atoms with Gasteiger partial charge in [-0.25, -0.2) is 4.68 Å². The van der Waals surface area contributed by atoms with Crippen LogP contribution in [0.3, 0.4) is 0 Å². The first-order valence-electron chi connectivity index (χ1n) is 7.67. The van der Waals surface area contributed by atoms with Gasteiger partial charge >= 0.3 is 0 Å². The summed E-state index contributed by atoms with van der Waals surface area (Å²) in [4.78, 5) is 24.3. The van der Waals surface area contributed by atoms with Crippen molar-refractivity contribution in [3.8, 4) is 0 Å². The van der Waals surface area contributed by atoms with E-state index in [2.05, 4.69) is 10.4 Å². The van der Waals surface area contributed by atoms with Crippen molar-refractivity contribution in [1.82, 2.24) is 15.1 Å². The highest BCUT2D eigenvalue weighted by Gasteiger charge is 2.27. The quantitative estimate of drug-likeness (QED) is 0.916. The number of aromatic nitrogens is 2. The lowest BCUT2D eigenvalue weighted by Gasteiger charge is -2.15. The summed E-state index contributed by atoms with van der Waals surface area (Å²) < 4.78 is 1.26. The third-order valence-electron chi connectivity index (χ3n) is 4.00. The average molecular weight is 332 g/mol. The number of carbonyl (C=O) groups excluding carboxylic acids is 1. The number of carbonyl (C=O) groups is 1. The number of hydrogen-bond donors (Lipinski definition) is 1. The van der Waals surface area contributed by atoms with Crippen LogP contribution in [0.2, 0.25) is 5.02 Å². The average Bonchev–Trinajstić information content (AvgIpc) is 3.38. The Balaban J connectivity index is 1.71. The molecule has 120 valence electrons. The minimum Gasteiger partial charge on any atom is -0.350 e. The Labute approximate surface area is 139 Å². The lowest BCUT2D eigenvalue weighted by Crippen LogP contribution is -2.37. The van der Waals surface area contributed by atoms with Crippen LogP contribution in [-0.4, -0.2) is 15.7 Å². The summed E-state index contributed by atoms with van der Waals surface area (Å²) in [6.07, 6.45) is 2.19. The standard InChI is InChI=1S/C17H18ClN3O2/c1-11(17(23)19-10-13-4-2-3-5-14(13)18)21-16(22)9-8-15(20-21)12-6-7-12/h2-5,8-9,11-12H,6-7,10H2,1H3,(H,19,23)/t11-/m1/s1. The van der Waals surface area contributed by atoms with Gasteiger partial charge in [-0.05, 0) is 37.5 Å². The summed E-state index contributed by atoms with van der Waals surface area (Å²) in [6, 6.07) is 9.90. The normalized spacial score (nSPS) is 15.2. The molecule has 1 aliphatic carbocycles. The molecule has 0 radical (unpaired) electrons. The molecule has 1 fully saturated rings. The van der Waals surface area contributed by atoms with Crippen LogP contribution in [0.5, 0.6) is 0 Å². The van der Waals surface area contributed by atoms with Gasteiger partial charge in [0.1, 0.15) is 6.04 Å². The largest absolute Gasteiger partial charge is 0.350 e. The molecule has 1 saturated carbocycles. The van der Waals surface area contributed by atoms with E-state index in [1.54, 1.807) is 19.1 Å². The first-order valence-corrected chi connectivity index (χ1v) is 8.05. The van der Waals surface area contributed by atoms with Gasteiger partial charge in [0, 0.05) is 23.6 Å². The summed E-state index contributed by atoms with van der Waals surface area (Å²) >= 11 is 6.07. The van der Waals surface area contributed by atoms with E-state index < -0.39 is 6.04 Å². The van der Waals surface area contributed by atoms with Crippen molar-refractivity contribution in [1.29, 1.82) is 0 Å². The molecule has 0 aliphatic heterocycles. The van der Waals surface area contributed by atoms with Crippen molar-refractivity contribution in [2.24, 2.45) is 0 Å². The molecule has 3 rings (SSSR count). The molecular weight excluding hydrogens is 314 g/mol.